The fourth-order valence-corrected chi connectivity index (χ4v) is 5.26. The Morgan fingerprint density at radius 2 is 2.23 bits per heavy atom. The van der Waals surface area contributed by atoms with E-state index in [1.165, 1.54) is 17.6 Å². The zero-order chi connectivity index (χ0) is 24.8. The lowest BCUT2D eigenvalue weighted by molar-refractivity contribution is -0.116. The number of methoxy groups -OCH3 is 1. The molecule has 2 N–H and O–H groups in total. The number of anilines is 1. The molecule has 35 heavy (non-hydrogen) atoms. The van der Waals surface area contributed by atoms with E-state index >= 15 is 0 Å². The van der Waals surface area contributed by atoms with Crippen LogP contribution in [0.5, 0.6) is 5.75 Å². The molecular weight excluding hydrogens is 468 g/mol. The van der Waals surface area contributed by atoms with E-state index in [9.17, 15) is 14.9 Å². The Kier molecular flexibility index (Phi) is 7.67. The summed E-state index contributed by atoms with van der Waals surface area (Å²) in [4.78, 5) is 25.8. The van der Waals surface area contributed by atoms with Crippen molar-refractivity contribution in [2.45, 2.75) is 51.7 Å². The topological polar surface area (TPSA) is 126 Å². The van der Waals surface area contributed by atoms with Crippen LogP contribution in [-0.2, 0) is 35.3 Å². The van der Waals surface area contributed by atoms with Crippen LogP contribution in [0.3, 0.4) is 0 Å². The Morgan fingerprint density at radius 3 is 2.97 bits per heavy atom. The number of ether oxygens (including phenoxy) is 2. The maximum Gasteiger partial charge on any atom is 0.407 e. The average molecular weight is 495 g/mol. The number of nitrogens with one attached hydrogen (secondary N) is 2. The third-order valence-corrected chi connectivity index (χ3v) is 7.08. The number of nitrogens with zero attached hydrogens (tertiary/aromatic N) is 2. The van der Waals surface area contributed by atoms with E-state index in [0.29, 0.717) is 41.9 Å². The van der Waals surface area contributed by atoms with Crippen LogP contribution in [0.2, 0.25) is 0 Å². The summed E-state index contributed by atoms with van der Waals surface area (Å²) >= 11 is 1.38. The van der Waals surface area contributed by atoms with Crippen LogP contribution in [0.4, 0.5) is 9.80 Å². The zero-order valence-electron chi connectivity index (χ0n) is 19.6. The molecule has 0 bridgehead atoms. The second kappa shape index (κ2) is 11.1. The predicted octanol–water partition coefficient (Wildman–Crippen LogP) is 4.28. The molecule has 2 heterocycles. The van der Waals surface area contributed by atoms with Gasteiger partial charge in [0.1, 0.15) is 29.2 Å². The standard InChI is InChI=1S/C25H26N4O5S/c1-15-17(14-33-29-15)13-27-25(31)34-19-7-8-20-21(12-26)24(35-22(20)11-19)28-23(30)9-6-16-4-3-5-18(10-16)32-2/h3-5,10,14,19H,6-9,11,13H2,1-2H3,(H,27,31)(H,28,30). The SMILES string of the molecule is COc1cccc(CCC(=O)Nc2sc3c(c2C#N)CCC(OC(=O)NCc2conc2C)C3)c1. The molecule has 0 saturated heterocycles. The predicted molar refractivity (Wildman–Crippen MR) is 129 cm³/mol. The highest BCUT2D eigenvalue weighted by Gasteiger charge is 2.28. The molecule has 2 amide bonds. The molecule has 4 rings (SSSR count). The van der Waals surface area contributed by atoms with Crippen LogP contribution < -0.4 is 15.4 Å². The van der Waals surface area contributed by atoms with Gasteiger partial charge in [-0.15, -0.1) is 11.3 Å². The quantitative estimate of drug-likeness (QED) is 0.478. The third-order valence-electron chi connectivity index (χ3n) is 5.91. The molecule has 1 unspecified atom stereocenters. The van der Waals surface area contributed by atoms with E-state index in [4.69, 9.17) is 14.0 Å². The molecule has 182 valence electrons. The lowest BCUT2D eigenvalue weighted by atomic mass is 9.94. The molecule has 1 aliphatic carbocycles. The molecule has 0 fully saturated rings. The number of alkyl carbamates (subject to hydrolysis) is 1. The molecule has 3 aromatic rings. The summed E-state index contributed by atoms with van der Waals surface area (Å²) in [5, 5.41) is 19.7. The third kappa shape index (κ3) is 6.00. The van der Waals surface area contributed by atoms with Gasteiger partial charge in [0, 0.05) is 23.3 Å². The molecule has 1 aliphatic rings. The van der Waals surface area contributed by atoms with Crippen molar-refractivity contribution >= 4 is 28.3 Å². The first-order chi connectivity index (χ1) is 17.0. The summed E-state index contributed by atoms with van der Waals surface area (Å²) in [5.74, 6) is 0.596. The number of hydrogen-bond acceptors (Lipinski definition) is 8. The minimum Gasteiger partial charge on any atom is -0.497 e. The molecule has 9 nitrogen and oxygen atoms in total. The number of hydrogen-bond donors (Lipinski definition) is 2. The van der Waals surface area contributed by atoms with Crippen molar-refractivity contribution in [1.29, 1.82) is 5.26 Å². The van der Waals surface area contributed by atoms with Crippen LogP contribution in [0.15, 0.2) is 35.1 Å². The summed E-state index contributed by atoms with van der Waals surface area (Å²) < 4.78 is 15.7. The summed E-state index contributed by atoms with van der Waals surface area (Å²) in [6.07, 6.45) is 3.26. The van der Waals surface area contributed by atoms with Gasteiger partial charge in [-0.25, -0.2) is 4.79 Å². The smallest absolute Gasteiger partial charge is 0.407 e. The number of fused-ring (bicyclic) bond motifs is 1. The Labute approximate surface area is 207 Å². The number of carbonyl (C=O) groups is 2. The Hall–Kier alpha value is -3.84. The number of carbonyl (C=O) groups excluding carboxylic acids is 2. The average Bonchev–Trinajstić information content (AvgIpc) is 3.43. The fraction of sp³-hybridized carbons (Fsp3) is 0.360. The highest BCUT2D eigenvalue weighted by molar-refractivity contribution is 7.16. The normalized spacial score (nSPS) is 14.5. The van der Waals surface area contributed by atoms with E-state index < -0.39 is 6.09 Å². The van der Waals surface area contributed by atoms with Crippen molar-refractivity contribution in [2.75, 3.05) is 12.4 Å². The van der Waals surface area contributed by atoms with Gasteiger partial charge in [0.15, 0.2) is 0 Å². The van der Waals surface area contributed by atoms with Gasteiger partial charge in [0.25, 0.3) is 0 Å². The summed E-state index contributed by atoms with van der Waals surface area (Å²) in [7, 11) is 1.61. The van der Waals surface area contributed by atoms with E-state index in [2.05, 4.69) is 21.9 Å². The van der Waals surface area contributed by atoms with Crippen LogP contribution >= 0.6 is 11.3 Å². The lowest BCUT2D eigenvalue weighted by Crippen LogP contribution is -2.31. The minimum atomic E-state index is -0.512. The Balaban J connectivity index is 1.32. The molecule has 1 atom stereocenters. The van der Waals surface area contributed by atoms with Gasteiger partial charge in [-0.3, -0.25) is 4.79 Å². The number of amides is 2. The number of rotatable bonds is 8. The van der Waals surface area contributed by atoms with Crippen LogP contribution in [0.1, 0.15) is 45.7 Å². The van der Waals surface area contributed by atoms with Gasteiger partial charge in [0.05, 0.1) is 24.9 Å². The molecule has 0 saturated carbocycles. The molecule has 2 aromatic heterocycles. The van der Waals surface area contributed by atoms with Crippen molar-refractivity contribution in [3.63, 3.8) is 0 Å². The van der Waals surface area contributed by atoms with E-state index in [1.54, 1.807) is 14.0 Å². The molecular formula is C25H26N4O5S. The second-order valence-corrected chi connectivity index (χ2v) is 9.37. The van der Waals surface area contributed by atoms with E-state index in [-0.39, 0.29) is 25.0 Å². The van der Waals surface area contributed by atoms with E-state index in [0.717, 1.165) is 27.3 Å². The number of aromatic nitrogens is 1. The fourth-order valence-electron chi connectivity index (χ4n) is 3.98. The molecule has 0 spiro atoms. The maximum absolute atomic E-state index is 12.6. The summed E-state index contributed by atoms with van der Waals surface area (Å²) in [6, 6.07) is 9.84. The van der Waals surface area contributed by atoms with Crippen molar-refractivity contribution in [3.05, 3.63) is 63.4 Å². The van der Waals surface area contributed by atoms with Gasteiger partial charge in [0.2, 0.25) is 5.91 Å². The minimum absolute atomic E-state index is 0.154. The van der Waals surface area contributed by atoms with Crippen LogP contribution in [0, 0.1) is 18.3 Å². The molecule has 1 aromatic carbocycles. The van der Waals surface area contributed by atoms with Crippen molar-refractivity contribution in [1.82, 2.24) is 10.5 Å². The largest absolute Gasteiger partial charge is 0.497 e. The van der Waals surface area contributed by atoms with E-state index in [1.807, 2.05) is 24.3 Å². The highest BCUT2D eigenvalue weighted by Crippen LogP contribution is 2.38. The van der Waals surface area contributed by atoms with Crippen molar-refractivity contribution < 1.29 is 23.6 Å². The number of aryl methyl sites for hydroxylation is 2. The van der Waals surface area contributed by atoms with Crippen LogP contribution in [-0.4, -0.2) is 30.4 Å². The second-order valence-electron chi connectivity index (χ2n) is 8.27. The first kappa shape index (κ1) is 24.3. The van der Waals surface area contributed by atoms with Gasteiger partial charge >= 0.3 is 6.09 Å². The molecule has 0 aliphatic heterocycles. The van der Waals surface area contributed by atoms with Gasteiger partial charge in [-0.05, 0) is 49.4 Å². The Bertz CT molecular complexity index is 1260. The van der Waals surface area contributed by atoms with Gasteiger partial charge in [-0.1, -0.05) is 17.3 Å². The molecule has 0 radical (unpaired) electrons. The van der Waals surface area contributed by atoms with Crippen molar-refractivity contribution in [2.24, 2.45) is 0 Å². The lowest BCUT2D eigenvalue weighted by Gasteiger charge is -2.22. The zero-order valence-corrected chi connectivity index (χ0v) is 20.4. The van der Waals surface area contributed by atoms with Crippen molar-refractivity contribution in [3.8, 4) is 11.8 Å². The first-order valence-corrected chi connectivity index (χ1v) is 12.1. The monoisotopic (exact) mass is 494 g/mol. The number of nitriles is 1. The highest BCUT2D eigenvalue weighted by atomic mass is 32.1. The first-order valence-electron chi connectivity index (χ1n) is 11.3. The maximum atomic E-state index is 12.6. The van der Waals surface area contributed by atoms with Gasteiger partial charge < -0.3 is 24.6 Å². The number of benzene rings is 1. The van der Waals surface area contributed by atoms with Crippen LogP contribution in [0.25, 0.3) is 0 Å². The summed E-state index contributed by atoms with van der Waals surface area (Å²) in [6.45, 7) is 2.07. The van der Waals surface area contributed by atoms with Gasteiger partial charge in [-0.2, -0.15) is 5.26 Å². The summed E-state index contributed by atoms with van der Waals surface area (Å²) in [5.41, 5.74) is 3.94. The number of thiophene rings is 1. The Morgan fingerprint density at radius 1 is 1.37 bits per heavy atom. The molecule has 10 heteroatoms.